The minimum atomic E-state index is -4.64. The van der Waals surface area contributed by atoms with Crippen LogP contribution in [-0.2, 0) is 0 Å². The van der Waals surface area contributed by atoms with Gasteiger partial charge in [0.25, 0.3) is 0 Å². The molecule has 0 saturated heterocycles. The van der Waals surface area contributed by atoms with Crippen LogP contribution in [0, 0.1) is 0 Å². The lowest BCUT2D eigenvalue weighted by atomic mass is 10.0. The predicted molar refractivity (Wildman–Crippen MR) is 87.9 cm³/mol. The quantitative estimate of drug-likeness (QED) is 0.840. The van der Waals surface area contributed by atoms with Crippen molar-refractivity contribution < 1.29 is 18.0 Å². The average molecular weight is 350 g/mol. The Labute approximate surface area is 141 Å². The molecule has 2 aromatic rings. The van der Waals surface area contributed by atoms with E-state index in [4.69, 9.17) is 0 Å². The minimum absolute atomic E-state index is 0.216. The fraction of sp³-hybridized carbons (Fsp3) is 0.176. The van der Waals surface area contributed by atoms with Crippen molar-refractivity contribution in [2.24, 2.45) is 5.10 Å². The maximum Gasteiger partial charge on any atom is 0.423 e. The number of nitrogens with one attached hydrogen (secondary N) is 1. The van der Waals surface area contributed by atoms with Crippen molar-refractivity contribution in [2.45, 2.75) is 17.5 Å². The van der Waals surface area contributed by atoms with Gasteiger partial charge in [0, 0.05) is 11.1 Å². The lowest BCUT2D eigenvalue weighted by Crippen LogP contribution is -2.51. The largest absolute Gasteiger partial charge is 0.423 e. The number of hydrogen-bond acceptors (Lipinski definition) is 4. The normalized spacial score (nSPS) is 20.4. The van der Waals surface area contributed by atoms with Crippen molar-refractivity contribution in [1.29, 1.82) is 0 Å². The first-order valence-corrected chi connectivity index (χ1v) is 7.97. The Kier molecular flexibility index (Phi) is 4.36. The van der Waals surface area contributed by atoms with E-state index in [0.29, 0.717) is 17.3 Å². The van der Waals surface area contributed by atoms with E-state index >= 15 is 0 Å². The van der Waals surface area contributed by atoms with Crippen LogP contribution in [0.1, 0.15) is 22.3 Å². The number of alkyl halides is 3. The molecule has 1 aliphatic heterocycles. The minimum Gasteiger partial charge on any atom is -0.294 e. The highest BCUT2D eigenvalue weighted by Gasteiger charge is 2.60. The number of thioether (sulfide) groups is 1. The van der Waals surface area contributed by atoms with Gasteiger partial charge in [0.1, 0.15) is 5.04 Å². The van der Waals surface area contributed by atoms with E-state index in [9.17, 15) is 18.0 Å². The molecule has 1 aliphatic rings. The third kappa shape index (κ3) is 3.17. The molecular weight excluding hydrogens is 337 g/mol. The van der Waals surface area contributed by atoms with Crippen LogP contribution >= 0.6 is 11.8 Å². The number of hydrogen-bond donors (Lipinski definition) is 1. The number of carbonyl (C=O) groups is 1. The summed E-state index contributed by atoms with van der Waals surface area (Å²) in [4.78, 5) is 9.84. The summed E-state index contributed by atoms with van der Waals surface area (Å²) < 4.78 is 41.0. The molecule has 1 N–H and O–H groups in total. The number of carbonyl (C=O) groups excluding carboxylic acids is 1. The highest BCUT2D eigenvalue weighted by molar-refractivity contribution is 8.15. The first-order chi connectivity index (χ1) is 11.4. The second-order valence-corrected chi connectivity index (χ2v) is 6.58. The molecule has 0 radical (unpaired) electrons. The highest BCUT2D eigenvalue weighted by atomic mass is 32.2. The molecule has 124 valence electrons. The Balaban J connectivity index is 1.85. The number of hydrazone groups is 1. The van der Waals surface area contributed by atoms with Crippen LogP contribution < -0.4 is 5.43 Å². The van der Waals surface area contributed by atoms with Gasteiger partial charge in [0.2, 0.25) is 4.87 Å². The molecular formula is C17H13F3N2OS. The number of rotatable bonds is 4. The van der Waals surface area contributed by atoms with Crippen molar-refractivity contribution in [2.75, 3.05) is 0 Å². The Morgan fingerprint density at radius 1 is 1.04 bits per heavy atom. The number of benzene rings is 2. The van der Waals surface area contributed by atoms with Crippen LogP contribution in [0.2, 0.25) is 0 Å². The van der Waals surface area contributed by atoms with Crippen LogP contribution in [-0.4, -0.2) is 21.9 Å². The van der Waals surface area contributed by atoms with E-state index in [0.717, 1.165) is 0 Å². The summed E-state index contributed by atoms with van der Waals surface area (Å²) in [6, 6.07) is 16.5. The van der Waals surface area contributed by atoms with Gasteiger partial charge in [-0.25, -0.2) is 0 Å². The van der Waals surface area contributed by atoms with Crippen LogP contribution in [0.25, 0.3) is 0 Å². The van der Waals surface area contributed by atoms with Crippen LogP contribution in [0.3, 0.4) is 0 Å². The van der Waals surface area contributed by atoms with Crippen LogP contribution in [0.15, 0.2) is 65.8 Å². The van der Waals surface area contributed by atoms with Crippen LogP contribution in [0.4, 0.5) is 13.2 Å². The molecule has 1 atom stereocenters. The van der Waals surface area contributed by atoms with Gasteiger partial charge in [-0.1, -0.05) is 72.4 Å². The Morgan fingerprint density at radius 3 is 2.21 bits per heavy atom. The van der Waals surface area contributed by atoms with E-state index in [1.165, 1.54) is 12.1 Å². The van der Waals surface area contributed by atoms with E-state index in [2.05, 4.69) is 10.5 Å². The third-order valence-corrected chi connectivity index (χ3v) is 4.93. The molecule has 2 aromatic carbocycles. The molecule has 0 aromatic heterocycles. The average Bonchev–Trinajstić information content (AvgIpc) is 3.02. The van der Waals surface area contributed by atoms with Crippen LogP contribution in [0.5, 0.6) is 0 Å². The molecule has 0 amide bonds. The summed E-state index contributed by atoms with van der Waals surface area (Å²) in [5.74, 6) is -0.586. The lowest BCUT2D eigenvalue weighted by Gasteiger charge is -2.29. The monoisotopic (exact) mass is 350 g/mol. The summed E-state index contributed by atoms with van der Waals surface area (Å²) in [5, 5.41) is 4.05. The summed E-state index contributed by atoms with van der Waals surface area (Å²) in [5.41, 5.74) is 2.99. The first-order valence-electron chi connectivity index (χ1n) is 7.16. The van der Waals surface area contributed by atoms with E-state index in [1.807, 2.05) is 0 Å². The van der Waals surface area contributed by atoms with E-state index < -0.39 is 23.3 Å². The van der Waals surface area contributed by atoms with Crippen molar-refractivity contribution in [3.05, 3.63) is 71.8 Å². The SMILES string of the molecule is O=C(C[C@]1(C(F)(F)F)NN=C(c2ccccc2)S1)c1ccccc1. The molecule has 0 spiro atoms. The number of Topliss-reactive ketones (excluding diaryl/α,β-unsaturated/α-hetero) is 1. The van der Waals surface area contributed by atoms with Gasteiger partial charge < -0.3 is 0 Å². The van der Waals surface area contributed by atoms with Gasteiger partial charge >= 0.3 is 6.18 Å². The highest BCUT2D eigenvalue weighted by Crippen LogP contribution is 2.47. The number of halogens is 3. The lowest BCUT2D eigenvalue weighted by molar-refractivity contribution is -0.165. The van der Waals surface area contributed by atoms with E-state index in [-0.39, 0.29) is 10.6 Å². The zero-order valence-electron chi connectivity index (χ0n) is 12.4. The molecule has 1 heterocycles. The summed E-state index contributed by atoms with van der Waals surface area (Å²) in [7, 11) is 0. The fourth-order valence-electron chi connectivity index (χ4n) is 2.31. The Hall–Kier alpha value is -2.28. The summed E-state index contributed by atoms with van der Waals surface area (Å²) in [6.45, 7) is 0. The molecule has 0 aliphatic carbocycles. The van der Waals surface area contributed by atoms with E-state index in [1.54, 1.807) is 48.5 Å². The topological polar surface area (TPSA) is 41.5 Å². The molecule has 3 rings (SSSR count). The Bertz CT molecular complexity index is 762. The zero-order valence-corrected chi connectivity index (χ0v) is 13.2. The zero-order chi connectivity index (χ0) is 17.2. The molecule has 0 saturated carbocycles. The summed E-state index contributed by atoms with van der Waals surface area (Å²) in [6.07, 6.45) is -5.37. The van der Waals surface area contributed by atoms with Gasteiger partial charge in [0.05, 0.1) is 6.42 Å². The second kappa shape index (κ2) is 6.32. The van der Waals surface area contributed by atoms with Gasteiger partial charge in [0.15, 0.2) is 5.78 Å². The van der Waals surface area contributed by atoms with Gasteiger partial charge in [-0.2, -0.15) is 18.3 Å². The standard InChI is InChI=1S/C17H13F3N2OS/c18-17(19,20)16(11-14(23)12-7-3-1-4-8-12)22-21-15(24-16)13-9-5-2-6-10-13/h1-10,22H,11H2/t16-/m0/s1. The maximum atomic E-state index is 13.7. The second-order valence-electron chi connectivity index (χ2n) is 5.29. The van der Waals surface area contributed by atoms with Crippen molar-refractivity contribution in [3.63, 3.8) is 0 Å². The smallest absolute Gasteiger partial charge is 0.294 e. The molecule has 3 nitrogen and oxygen atoms in total. The maximum absolute atomic E-state index is 13.7. The number of ketones is 1. The Morgan fingerprint density at radius 2 is 1.62 bits per heavy atom. The van der Waals surface area contributed by atoms with Gasteiger partial charge in [-0.15, -0.1) is 0 Å². The fourth-order valence-corrected chi connectivity index (χ4v) is 3.39. The third-order valence-electron chi connectivity index (χ3n) is 3.59. The van der Waals surface area contributed by atoms with Crippen molar-refractivity contribution in [1.82, 2.24) is 5.43 Å². The molecule has 0 unspecified atom stereocenters. The van der Waals surface area contributed by atoms with Gasteiger partial charge in [-0.05, 0) is 0 Å². The first kappa shape index (κ1) is 16.6. The predicted octanol–water partition coefficient (Wildman–Crippen LogP) is 4.22. The van der Waals surface area contributed by atoms with Crippen molar-refractivity contribution in [3.8, 4) is 0 Å². The molecule has 0 bridgehead atoms. The number of nitrogens with zero attached hydrogens (tertiary/aromatic N) is 1. The summed E-state index contributed by atoms with van der Waals surface area (Å²) >= 11 is 0.534. The van der Waals surface area contributed by atoms with Crippen molar-refractivity contribution >= 4 is 22.6 Å². The molecule has 24 heavy (non-hydrogen) atoms. The molecule has 0 fully saturated rings. The van der Waals surface area contributed by atoms with Gasteiger partial charge in [-0.3, -0.25) is 10.2 Å². The molecule has 7 heteroatoms.